The van der Waals surface area contributed by atoms with Gasteiger partial charge in [-0.05, 0) is 18.2 Å². The molecule has 0 amide bonds. The molecule has 1 heterocycles. The Bertz CT molecular complexity index is 442. The largest absolute Gasteiger partial charge is 0.472 e. The summed E-state index contributed by atoms with van der Waals surface area (Å²) in [5, 5.41) is 0. The zero-order chi connectivity index (χ0) is 9.97. The molecule has 0 aromatic heterocycles. The Hall–Kier alpha value is -2.03. The van der Waals surface area contributed by atoms with E-state index in [-0.39, 0.29) is 0 Å². The number of ether oxygens (including phenoxy) is 1. The van der Waals surface area contributed by atoms with Crippen LogP contribution in [0.15, 0.2) is 47.8 Å². The van der Waals surface area contributed by atoms with E-state index in [0.29, 0.717) is 5.75 Å². The molecular formula is C11H8O3. The molecule has 1 aliphatic heterocycles. The van der Waals surface area contributed by atoms with Gasteiger partial charge in [0.15, 0.2) is 0 Å². The van der Waals surface area contributed by atoms with Crippen LogP contribution in [-0.4, -0.2) is 5.97 Å². The highest BCUT2D eigenvalue weighted by molar-refractivity contribution is 5.86. The van der Waals surface area contributed by atoms with Gasteiger partial charge in [-0.2, -0.15) is 0 Å². The molecule has 3 heteroatoms. The van der Waals surface area contributed by atoms with Crippen LogP contribution in [0.1, 0.15) is 0 Å². The lowest BCUT2D eigenvalue weighted by Crippen LogP contribution is -2.02. The van der Waals surface area contributed by atoms with Gasteiger partial charge in [-0.1, -0.05) is 6.58 Å². The van der Waals surface area contributed by atoms with E-state index in [4.69, 9.17) is 9.15 Å². The van der Waals surface area contributed by atoms with Gasteiger partial charge in [0.2, 0.25) is 0 Å². The van der Waals surface area contributed by atoms with E-state index in [1.165, 1.54) is 6.26 Å². The van der Waals surface area contributed by atoms with E-state index in [1.54, 1.807) is 18.4 Å². The Balaban J connectivity index is 2.36. The minimum absolute atomic E-state index is 0.460. The Morgan fingerprint density at radius 3 is 3.07 bits per heavy atom. The SMILES string of the molecule is C=CC(=O)Oc1ccc2coccc1-2. The molecule has 0 bridgehead atoms. The van der Waals surface area contributed by atoms with Crippen LogP contribution in [0.25, 0.3) is 11.1 Å². The van der Waals surface area contributed by atoms with Crippen molar-refractivity contribution in [3.05, 3.63) is 43.4 Å². The first-order chi connectivity index (χ1) is 6.81. The molecule has 14 heavy (non-hydrogen) atoms. The second-order valence-corrected chi connectivity index (χ2v) is 2.75. The average molecular weight is 188 g/mol. The Morgan fingerprint density at radius 1 is 1.43 bits per heavy atom. The summed E-state index contributed by atoms with van der Waals surface area (Å²) in [6.45, 7) is 3.33. The molecule has 0 aromatic rings. The van der Waals surface area contributed by atoms with Crippen molar-refractivity contribution in [2.24, 2.45) is 0 Å². The molecule has 0 aromatic carbocycles. The fourth-order valence-corrected chi connectivity index (χ4v) is 1.23. The van der Waals surface area contributed by atoms with Crippen LogP contribution in [-0.2, 0) is 4.79 Å². The van der Waals surface area contributed by atoms with E-state index >= 15 is 0 Å². The maximum absolute atomic E-state index is 11.0. The first-order valence-electron chi connectivity index (χ1n) is 4.10. The number of carbonyl (C=O) groups excluding carboxylic acids is 1. The topological polar surface area (TPSA) is 39.4 Å². The summed E-state index contributed by atoms with van der Waals surface area (Å²) in [6.07, 6.45) is 4.26. The summed E-state index contributed by atoms with van der Waals surface area (Å²) in [4.78, 5) is 11.0. The number of hydrogen-bond donors (Lipinski definition) is 0. The lowest BCUT2D eigenvalue weighted by molar-refractivity contribution is -0.128. The van der Waals surface area contributed by atoms with Crippen molar-refractivity contribution < 1.29 is 13.9 Å². The fourth-order valence-electron chi connectivity index (χ4n) is 1.23. The first-order valence-corrected chi connectivity index (χ1v) is 4.10. The number of rotatable bonds is 2. The summed E-state index contributed by atoms with van der Waals surface area (Å²) in [7, 11) is 0. The number of hydrogen-bond acceptors (Lipinski definition) is 3. The molecule has 70 valence electrons. The van der Waals surface area contributed by atoms with Crippen LogP contribution >= 0.6 is 0 Å². The van der Waals surface area contributed by atoms with Gasteiger partial charge in [0.1, 0.15) is 5.75 Å². The summed E-state index contributed by atoms with van der Waals surface area (Å²) in [6, 6.07) is 5.30. The maximum Gasteiger partial charge on any atom is 0.335 e. The van der Waals surface area contributed by atoms with Crippen LogP contribution in [0.2, 0.25) is 0 Å². The highest BCUT2D eigenvalue weighted by atomic mass is 16.5. The third-order valence-electron chi connectivity index (χ3n) is 1.88. The second kappa shape index (κ2) is 3.38. The third-order valence-corrected chi connectivity index (χ3v) is 1.88. The van der Waals surface area contributed by atoms with Gasteiger partial charge in [-0.15, -0.1) is 0 Å². The predicted octanol–water partition coefficient (Wildman–Crippen LogP) is 2.48. The first kappa shape index (κ1) is 8.56. The van der Waals surface area contributed by atoms with E-state index in [9.17, 15) is 4.79 Å². The van der Waals surface area contributed by atoms with Gasteiger partial charge in [0, 0.05) is 17.2 Å². The van der Waals surface area contributed by atoms with Crippen LogP contribution in [0, 0.1) is 0 Å². The van der Waals surface area contributed by atoms with E-state index in [1.807, 2.05) is 6.07 Å². The molecule has 0 unspecified atom stereocenters. The molecule has 3 nitrogen and oxygen atoms in total. The van der Waals surface area contributed by atoms with Gasteiger partial charge in [0.25, 0.3) is 0 Å². The number of esters is 1. The quantitative estimate of drug-likeness (QED) is 0.536. The molecule has 0 spiro atoms. The van der Waals surface area contributed by atoms with Crippen LogP contribution < -0.4 is 4.74 Å². The van der Waals surface area contributed by atoms with Crippen molar-refractivity contribution in [3.63, 3.8) is 0 Å². The zero-order valence-corrected chi connectivity index (χ0v) is 7.40. The zero-order valence-electron chi connectivity index (χ0n) is 7.40. The summed E-state index contributed by atoms with van der Waals surface area (Å²) >= 11 is 0. The normalized spacial score (nSPS) is 10.0. The van der Waals surface area contributed by atoms with E-state index in [0.717, 1.165) is 17.2 Å². The van der Waals surface area contributed by atoms with Gasteiger partial charge in [-0.3, -0.25) is 0 Å². The molecule has 0 saturated heterocycles. The number of carbonyl (C=O) groups is 1. The van der Waals surface area contributed by atoms with Crippen molar-refractivity contribution in [2.45, 2.75) is 0 Å². The molecule has 0 atom stereocenters. The monoisotopic (exact) mass is 188 g/mol. The highest BCUT2D eigenvalue weighted by Crippen LogP contribution is 2.33. The summed E-state index contributed by atoms with van der Waals surface area (Å²) in [5.41, 5.74) is 1.76. The van der Waals surface area contributed by atoms with Gasteiger partial charge < -0.3 is 9.15 Å². The Morgan fingerprint density at radius 2 is 2.29 bits per heavy atom. The molecule has 0 saturated carbocycles. The lowest BCUT2D eigenvalue weighted by atomic mass is 10.2. The molecule has 1 aliphatic carbocycles. The Labute approximate surface area is 80.9 Å². The van der Waals surface area contributed by atoms with Crippen LogP contribution in [0.4, 0.5) is 0 Å². The van der Waals surface area contributed by atoms with Crippen LogP contribution in [0.5, 0.6) is 5.75 Å². The predicted molar refractivity (Wildman–Crippen MR) is 51.2 cm³/mol. The summed E-state index contributed by atoms with van der Waals surface area (Å²) < 4.78 is 9.99. The van der Waals surface area contributed by atoms with Gasteiger partial charge in [0.05, 0.1) is 12.5 Å². The minimum Gasteiger partial charge on any atom is -0.472 e. The van der Waals surface area contributed by atoms with Gasteiger partial charge in [-0.25, -0.2) is 4.79 Å². The second-order valence-electron chi connectivity index (χ2n) is 2.75. The van der Waals surface area contributed by atoms with Gasteiger partial charge >= 0.3 is 5.97 Å². The van der Waals surface area contributed by atoms with E-state index < -0.39 is 5.97 Å². The maximum atomic E-state index is 11.0. The number of fused-ring (bicyclic) bond motifs is 1. The van der Waals surface area contributed by atoms with Crippen molar-refractivity contribution in [2.75, 3.05) is 0 Å². The fraction of sp³-hybridized carbons (Fsp3) is 0. The molecule has 0 radical (unpaired) electrons. The Kier molecular flexibility index (Phi) is 2.07. The van der Waals surface area contributed by atoms with Crippen molar-refractivity contribution >= 4 is 5.97 Å². The standard InChI is InChI=1S/C11H8O3/c1-2-11(12)14-10-4-3-8-7-13-6-5-9(8)10/h2-7H,1H2. The lowest BCUT2D eigenvalue weighted by Gasteiger charge is -2.01. The molecule has 2 aliphatic rings. The highest BCUT2D eigenvalue weighted by Gasteiger charge is 2.12. The summed E-state index contributed by atoms with van der Waals surface area (Å²) in [5.74, 6) is 0.0685. The third kappa shape index (κ3) is 1.40. The van der Waals surface area contributed by atoms with Crippen LogP contribution in [0.3, 0.4) is 0 Å². The average Bonchev–Trinajstić information content (AvgIpc) is 2.62. The smallest absolute Gasteiger partial charge is 0.335 e. The van der Waals surface area contributed by atoms with E-state index in [2.05, 4.69) is 6.58 Å². The van der Waals surface area contributed by atoms with Crippen molar-refractivity contribution in [1.29, 1.82) is 0 Å². The molecule has 0 N–H and O–H groups in total. The van der Waals surface area contributed by atoms with Crippen molar-refractivity contribution in [3.8, 4) is 16.9 Å². The molecule has 0 fully saturated rings. The van der Waals surface area contributed by atoms with Crippen molar-refractivity contribution in [1.82, 2.24) is 0 Å². The molecular weight excluding hydrogens is 180 g/mol. The molecule has 2 rings (SSSR count). The minimum atomic E-state index is -0.460.